The van der Waals surface area contributed by atoms with Gasteiger partial charge < -0.3 is 9.47 Å². The van der Waals surface area contributed by atoms with Crippen LogP contribution in [0.4, 0.5) is 0 Å². The van der Waals surface area contributed by atoms with Crippen LogP contribution in [0, 0.1) is 12.8 Å². The van der Waals surface area contributed by atoms with Gasteiger partial charge in [-0.2, -0.15) is 0 Å². The molecule has 2 heterocycles. The van der Waals surface area contributed by atoms with Gasteiger partial charge in [0, 0.05) is 57.6 Å². The van der Waals surface area contributed by atoms with Crippen molar-refractivity contribution in [3.63, 3.8) is 0 Å². The molecule has 1 fully saturated rings. The minimum atomic E-state index is 0.213. The Kier molecular flexibility index (Phi) is 5.79. The molecule has 2 rings (SSSR count). The largest absolute Gasteiger partial charge is 0.340 e. The maximum absolute atomic E-state index is 12.4. The lowest BCUT2D eigenvalue weighted by Crippen LogP contribution is -2.50. The molecule has 1 saturated heterocycles. The lowest BCUT2D eigenvalue weighted by molar-refractivity contribution is -0.137. The zero-order chi connectivity index (χ0) is 15.2. The van der Waals surface area contributed by atoms with Crippen LogP contribution in [0.3, 0.4) is 0 Å². The first-order valence-electron chi connectivity index (χ1n) is 8.14. The van der Waals surface area contributed by atoms with Gasteiger partial charge >= 0.3 is 0 Å². The van der Waals surface area contributed by atoms with E-state index in [4.69, 9.17) is 0 Å². The van der Waals surface area contributed by atoms with Gasteiger partial charge in [-0.25, -0.2) is 4.98 Å². The summed E-state index contributed by atoms with van der Waals surface area (Å²) in [6, 6.07) is 0. The number of carbonyl (C=O) groups is 1. The Morgan fingerprint density at radius 1 is 1.19 bits per heavy atom. The van der Waals surface area contributed by atoms with E-state index >= 15 is 0 Å². The van der Waals surface area contributed by atoms with E-state index in [-0.39, 0.29) is 5.92 Å². The van der Waals surface area contributed by atoms with Gasteiger partial charge in [-0.3, -0.25) is 9.69 Å². The van der Waals surface area contributed by atoms with E-state index in [1.807, 2.05) is 19.3 Å². The summed E-state index contributed by atoms with van der Waals surface area (Å²) in [6.45, 7) is 12.0. The number of aromatic nitrogens is 2. The van der Waals surface area contributed by atoms with E-state index in [0.717, 1.165) is 57.9 Å². The van der Waals surface area contributed by atoms with Crippen LogP contribution < -0.4 is 0 Å². The topological polar surface area (TPSA) is 41.4 Å². The first kappa shape index (κ1) is 16.0. The van der Waals surface area contributed by atoms with Crippen molar-refractivity contribution in [1.29, 1.82) is 0 Å². The molecule has 0 unspecified atom stereocenters. The lowest BCUT2D eigenvalue weighted by Gasteiger charge is -2.36. The fourth-order valence-corrected chi connectivity index (χ4v) is 2.98. The van der Waals surface area contributed by atoms with Crippen LogP contribution in [0.25, 0.3) is 0 Å². The van der Waals surface area contributed by atoms with E-state index < -0.39 is 0 Å². The Morgan fingerprint density at radius 3 is 2.38 bits per heavy atom. The van der Waals surface area contributed by atoms with Crippen molar-refractivity contribution in [3.8, 4) is 0 Å². The number of aryl methyl sites for hydroxylation is 1. The first-order valence-corrected chi connectivity index (χ1v) is 8.14. The molecule has 0 saturated carbocycles. The minimum absolute atomic E-state index is 0.213. The quantitative estimate of drug-likeness (QED) is 0.802. The molecule has 0 N–H and O–H groups in total. The normalized spacial score (nSPS) is 16.7. The van der Waals surface area contributed by atoms with Crippen LogP contribution in [-0.4, -0.2) is 58.0 Å². The molecule has 5 nitrogen and oxygen atoms in total. The molecule has 0 bridgehead atoms. The third-order valence-corrected chi connectivity index (χ3v) is 4.60. The van der Waals surface area contributed by atoms with Gasteiger partial charge in [0.1, 0.15) is 5.82 Å². The fraction of sp³-hybridized carbons (Fsp3) is 0.750. The summed E-state index contributed by atoms with van der Waals surface area (Å²) in [6.07, 6.45) is 5.79. The summed E-state index contributed by atoms with van der Waals surface area (Å²) in [4.78, 5) is 21.1. The molecule has 0 radical (unpaired) electrons. The van der Waals surface area contributed by atoms with Crippen molar-refractivity contribution in [2.24, 2.45) is 5.92 Å². The summed E-state index contributed by atoms with van der Waals surface area (Å²) in [5.41, 5.74) is 0. The molecule has 0 aliphatic carbocycles. The molecule has 5 heteroatoms. The number of nitrogens with zero attached hydrogens (tertiary/aromatic N) is 4. The fourth-order valence-electron chi connectivity index (χ4n) is 2.98. The molecule has 0 spiro atoms. The predicted octanol–water partition coefficient (Wildman–Crippen LogP) is 1.77. The second-order valence-electron chi connectivity index (χ2n) is 5.85. The number of hydrogen-bond donors (Lipinski definition) is 0. The maximum Gasteiger partial charge on any atom is 0.225 e. The van der Waals surface area contributed by atoms with E-state index in [0.29, 0.717) is 5.91 Å². The van der Waals surface area contributed by atoms with Crippen molar-refractivity contribution >= 4 is 5.91 Å². The molecule has 21 heavy (non-hydrogen) atoms. The van der Waals surface area contributed by atoms with Gasteiger partial charge in [0.25, 0.3) is 0 Å². The maximum atomic E-state index is 12.4. The molecule has 1 aliphatic heterocycles. The molecule has 1 amide bonds. The number of amides is 1. The predicted molar refractivity (Wildman–Crippen MR) is 84.1 cm³/mol. The van der Waals surface area contributed by atoms with Gasteiger partial charge in [0.05, 0.1) is 0 Å². The summed E-state index contributed by atoms with van der Waals surface area (Å²) in [7, 11) is 0. The van der Waals surface area contributed by atoms with Gasteiger partial charge in [-0.15, -0.1) is 0 Å². The third-order valence-electron chi connectivity index (χ3n) is 4.60. The van der Waals surface area contributed by atoms with Crippen LogP contribution >= 0.6 is 0 Å². The number of imidazole rings is 1. The molecule has 118 valence electrons. The summed E-state index contributed by atoms with van der Waals surface area (Å²) in [5.74, 6) is 1.63. The monoisotopic (exact) mass is 292 g/mol. The Labute approximate surface area is 127 Å². The molecule has 0 atom stereocenters. The smallest absolute Gasteiger partial charge is 0.225 e. The Bertz CT molecular complexity index is 445. The minimum Gasteiger partial charge on any atom is -0.340 e. The zero-order valence-corrected chi connectivity index (χ0v) is 13.6. The number of hydrogen-bond acceptors (Lipinski definition) is 3. The highest BCUT2D eigenvalue weighted by molar-refractivity contribution is 5.78. The summed E-state index contributed by atoms with van der Waals surface area (Å²) < 4.78 is 2.18. The number of rotatable bonds is 6. The molecular formula is C16H28N4O. The standard InChI is InChI=1S/C16H28N4O/c1-4-15(5-2)16(21)20-12-9-18(10-13-20)8-11-19-7-6-17-14(19)3/h6-7,15H,4-5,8-13H2,1-3H3. The average molecular weight is 292 g/mol. The number of piperazine rings is 1. The molecule has 1 aliphatic rings. The van der Waals surface area contributed by atoms with Crippen LogP contribution in [0.5, 0.6) is 0 Å². The second kappa shape index (κ2) is 7.59. The summed E-state index contributed by atoms with van der Waals surface area (Å²) >= 11 is 0. The van der Waals surface area contributed by atoms with Gasteiger partial charge in [-0.05, 0) is 19.8 Å². The SMILES string of the molecule is CCC(CC)C(=O)N1CCN(CCn2ccnc2C)CC1. The highest BCUT2D eigenvalue weighted by Crippen LogP contribution is 2.14. The van der Waals surface area contributed by atoms with Crippen LogP contribution in [-0.2, 0) is 11.3 Å². The Balaban J connectivity index is 1.75. The van der Waals surface area contributed by atoms with E-state index in [2.05, 4.69) is 33.2 Å². The highest BCUT2D eigenvalue weighted by Gasteiger charge is 2.25. The van der Waals surface area contributed by atoms with Gasteiger partial charge in [0.15, 0.2) is 0 Å². The van der Waals surface area contributed by atoms with Crippen molar-refractivity contribution in [2.75, 3.05) is 32.7 Å². The third kappa shape index (κ3) is 4.06. The van der Waals surface area contributed by atoms with Crippen molar-refractivity contribution in [2.45, 2.75) is 40.2 Å². The second-order valence-corrected chi connectivity index (χ2v) is 5.85. The van der Waals surface area contributed by atoms with Gasteiger partial charge in [0.2, 0.25) is 5.91 Å². The van der Waals surface area contributed by atoms with E-state index in [9.17, 15) is 4.79 Å². The molecule has 1 aromatic heterocycles. The van der Waals surface area contributed by atoms with Crippen molar-refractivity contribution in [3.05, 3.63) is 18.2 Å². The molecular weight excluding hydrogens is 264 g/mol. The first-order chi connectivity index (χ1) is 10.2. The van der Waals surface area contributed by atoms with Gasteiger partial charge in [-0.1, -0.05) is 13.8 Å². The average Bonchev–Trinajstić information content (AvgIpc) is 2.92. The van der Waals surface area contributed by atoms with Crippen LogP contribution in [0.15, 0.2) is 12.4 Å². The Morgan fingerprint density at radius 2 is 1.86 bits per heavy atom. The van der Waals surface area contributed by atoms with E-state index in [1.54, 1.807) is 0 Å². The van der Waals surface area contributed by atoms with Crippen LogP contribution in [0.1, 0.15) is 32.5 Å². The van der Waals surface area contributed by atoms with Crippen molar-refractivity contribution < 1.29 is 4.79 Å². The highest BCUT2D eigenvalue weighted by atomic mass is 16.2. The lowest BCUT2D eigenvalue weighted by atomic mass is 10.0. The molecule has 0 aromatic carbocycles. The number of carbonyl (C=O) groups excluding carboxylic acids is 1. The van der Waals surface area contributed by atoms with Crippen LogP contribution in [0.2, 0.25) is 0 Å². The zero-order valence-electron chi connectivity index (χ0n) is 13.6. The Hall–Kier alpha value is -1.36. The molecule has 1 aromatic rings. The van der Waals surface area contributed by atoms with Crippen molar-refractivity contribution in [1.82, 2.24) is 19.4 Å². The summed E-state index contributed by atoms with van der Waals surface area (Å²) in [5, 5.41) is 0. The van der Waals surface area contributed by atoms with E-state index in [1.165, 1.54) is 0 Å².